The minimum atomic E-state index is -4.28. The predicted octanol–water partition coefficient (Wildman–Crippen LogP) is 2.90. The van der Waals surface area contributed by atoms with Gasteiger partial charge in [-0.25, -0.2) is 0 Å². The van der Waals surface area contributed by atoms with Gasteiger partial charge < -0.3 is 10.2 Å². The maximum absolute atomic E-state index is 12.6. The fraction of sp³-hybridized carbons (Fsp3) is 0.625. The highest BCUT2D eigenvalue weighted by Gasteiger charge is 2.37. The molecule has 2 nitrogen and oxygen atoms in total. The van der Waals surface area contributed by atoms with Crippen molar-refractivity contribution in [2.45, 2.75) is 63.8 Å². The van der Waals surface area contributed by atoms with E-state index in [0.717, 1.165) is 18.9 Å². The van der Waals surface area contributed by atoms with Crippen LogP contribution in [0.2, 0.25) is 0 Å². The van der Waals surface area contributed by atoms with Crippen molar-refractivity contribution in [1.82, 2.24) is 0 Å². The average molecular weight is 314 g/mol. The Morgan fingerprint density at radius 1 is 1.00 bits per heavy atom. The van der Waals surface area contributed by atoms with Crippen molar-refractivity contribution in [2.75, 3.05) is 0 Å². The topological polar surface area (TPSA) is 40.5 Å². The van der Waals surface area contributed by atoms with E-state index >= 15 is 0 Å². The summed E-state index contributed by atoms with van der Waals surface area (Å²) in [6.07, 6.45) is -2.58. The van der Waals surface area contributed by atoms with Gasteiger partial charge in [0.15, 0.2) is 0 Å². The van der Waals surface area contributed by atoms with Crippen LogP contribution in [0.25, 0.3) is 0 Å². The molecule has 1 aliphatic rings. The first-order valence-electron chi connectivity index (χ1n) is 7.15. The molecule has 6 heteroatoms. The zero-order valence-electron chi connectivity index (χ0n) is 13.3. The number of rotatable bonds is 2. The number of halogens is 3. The van der Waals surface area contributed by atoms with Crippen LogP contribution < -0.4 is 5.46 Å². The van der Waals surface area contributed by atoms with E-state index in [0.29, 0.717) is 5.56 Å². The molecule has 0 aliphatic heterocycles. The van der Waals surface area contributed by atoms with Gasteiger partial charge >= 0.3 is 6.18 Å². The zero-order valence-corrected chi connectivity index (χ0v) is 13.3. The van der Waals surface area contributed by atoms with Crippen LogP contribution in [0.3, 0.4) is 0 Å². The number of hydrogen-bond donors (Lipinski definition) is 2. The Morgan fingerprint density at radius 3 is 1.77 bits per heavy atom. The molecule has 0 unspecified atom stereocenters. The molecule has 2 rings (SSSR count). The Labute approximate surface area is 130 Å². The highest BCUT2D eigenvalue weighted by Crippen LogP contribution is 2.45. The molecule has 22 heavy (non-hydrogen) atoms. The summed E-state index contributed by atoms with van der Waals surface area (Å²) >= 11 is 0. The molecule has 1 saturated carbocycles. The van der Waals surface area contributed by atoms with Crippen LogP contribution in [0, 0.1) is 0 Å². The Bertz CT molecular complexity index is 498. The van der Waals surface area contributed by atoms with Crippen molar-refractivity contribution in [2.24, 2.45) is 0 Å². The van der Waals surface area contributed by atoms with Gasteiger partial charge in [-0.3, -0.25) is 0 Å². The standard InChI is InChI=1S/C10H8BF3.C6H14O2/c11-7-3-4-8(6-1-2-6)9(5-7)10(12,13)14;1-5(2,7)6(3,4)8/h3-6H,1-2H2;7-8H,1-4H3. The monoisotopic (exact) mass is 314 g/mol. The van der Waals surface area contributed by atoms with Crippen LogP contribution in [0.5, 0.6) is 0 Å². The minimum absolute atomic E-state index is 0.0900. The summed E-state index contributed by atoms with van der Waals surface area (Å²) in [5.74, 6) is 0.0900. The van der Waals surface area contributed by atoms with Crippen molar-refractivity contribution in [3.05, 3.63) is 29.3 Å². The van der Waals surface area contributed by atoms with E-state index < -0.39 is 22.9 Å². The van der Waals surface area contributed by atoms with Gasteiger partial charge in [0.25, 0.3) is 0 Å². The van der Waals surface area contributed by atoms with Gasteiger partial charge in [-0.15, -0.1) is 0 Å². The minimum Gasteiger partial charge on any atom is -0.387 e. The molecule has 1 aromatic carbocycles. The third-order valence-corrected chi connectivity index (χ3v) is 3.90. The van der Waals surface area contributed by atoms with Crippen molar-refractivity contribution in [3.8, 4) is 0 Å². The van der Waals surface area contributed by atoms with Crippen LogP contribution in [0.1, 0.15) is 57.6 Å². The average Bonchev–Trinajstić information content (AvgIpc) is 3.09. The lowest BCUT2D eigenvalue weighted by atomic mass is 9.90. The summed E-state index contributed by atoms with van der Waals surface area (Å²) in [5.41, 5.74) is -2.02. The maximum Gasteiger partial charge on any atom is 0.416 e. The summed E-state index contributed by atoms with van der Waals surface area (Å²) < 4.78 is 37.7. The van der Waals surface area contributed by atoms with Crippen LogP contribution in [-0.2, 0) is 6.18 Å². The summed E-state index contributed by atoms with van der Waals surface area (Å²) in [4.78, 5) is 0. The first-order chi connectivity index (χ1) is 9.73. The van der Waals surface area contributed by atoms with Gasteiger partial charge in [-0.1, -0.05) is 23.7 Å². The van der Waals surface area contributed by atoms with E-state index in [1.165, 1.54) is 12.1 Å². The van der Waals surface area contributed by atoms with E-state index in [1.807, 2.05) is 0 Å². The third-order valence-electron chi connectivity index (χ3n) is 3.90. The molecular weight excluding hydrogens is 292 g/mol. The SMILES string of the molecule is CC(C)(O)C(C)(C)O.[B]c1ccc(C2CC2)c(C(F)(F)F)c1. The molecule has 0 amide bonds. The van der Waals surface area contributed by atoms with E-state index in [4.69, 9.17) is 18.1 Å². The Morgan fingerprint density at radius 2 is 1.45 bits per heavy atom. The van der Waals surface area contributed by atoms with Gasteiger partial charge in [-0.05, 0) is 52.0 Å². The first-order valence-corrected chi connectivity index (χ1v) is 7.15. The second kappa shape index (κ2) is 6.24. The van der Waals surface area contributed by atoms with Crippen LogP contribution in [-0.4, -0.2) is 29.3 Å². The van der Waals surface area contributed by atoms with Gasteiger partial charge in [0.1, 0.15) is 7.85 Å². The molecule has 0 saturated heterocycles. The summed E-state index contributed by atoms with van der Waals surface area (Å²) in [7, 11) is 5.34. The Kier molecular flexibility index (Phi) is 5.40. The van der Waals surface area contributed by atoms with Gasteiger partial charge in [0.2, 0.25) is 0 Å². The highest BCUT2D eigenvalue weighted by molar-refractivity contribution is 6.32. The quantitative estimate of drug-likeness (QED) is 0.824. The maximum atomic E-state index is 12.6. The largest absolute Gasteiger partial charge is 0.416 e. The molecule has 0 atom stereocenters. The van der Waals surface area contributed by atoms with E-state index in [1.54, 1.807) is 27.7 Å². The number of benzene rings is 1. The van der Waals surface area contributed by atoms with Gasteiger partial charge in [0.05, 0.1) is 16.8 Å². The van der Waals surface area contributed by atoms with Gasteiger partial charge in [0, 0.05) is 0 Å². The molecule has 1 fully saturated rings. The molecule has 0 aromatic heterocycles. The number of alkyl halides is 3. The fourth-order valence-electron chi connectivity index (χ4n) is 1.57. The first kappa shape index (κ1) is 19.0. The third kappa shape index (κ3) is 5.32. The number of aliphatic hydroxyl groups is 2. The Hall–Kier alpha value is -1.01. The summed E-state index contributed by atoms with van der Waals surface area (Å²) in [6, 6.07) is 4.05. The lowest BCUT2D eigenvalue weighted by Gasteiger charge is -2.31. The molecule has 122 valence electrons. The summed E-state index contributed by atoms with van der Waals surface area (Å²) in [5, 5.41) is 18.2. The normalized spacial score (nSPS) is 16.0. The molecular formula is C16H22BF3O2. The van der Waals surface area contributed by atoms with E-state index in [-0.39, 0.29) is 11.4 Å². The van der Waals surface area contributed by atoms with E-state index in [2.05, 4.69) is 0 Å². The molecule has 1 aliphatic carbocycles. The number of hydrogen-bond acceptors (Lipinski definition) is 2. The van der Waals surface area contributed by atoms with E-state index in [9.17, 15) is 13.2 Å². The van der Waals surface area contributed by atoms with Crippen LogP contribution in [0.15, 0.2) is 18.2 Å². The van der Waals surface area contributed by atoms with Crippen molar-refractivity contribution < 1.29 is 23.4 Å². The lowest BCUT2D eigenvalue weighted by molar-refractivity contribution is -0.138. The molecule has 1 aromatic rings. The second-order valence-electron chi connectivity index (χ2n) is 6.74. The van der Waals surface area contributed by atoms with Gasteiger partial charge in [-0.2, -0.15) is 13.2 Å². The van der Waals surface area contributed by atoms with Crippen LogP contribution in [0.4, 0.5) is 13.2 Å². The second-order valence-corrected chi connectivity index (χ2v) is 6.74. The molecule has 2 radical (unpaired) electrons. The molecule has 0 spiro atoms. The fourth-order valence-corrected chi connectivity index (χ4v) is 1.57. The predicted molar refractivity (Wildman–Crippen MR) is 81.4 cm³/mol. The summed E-state index contributed by atoms with van der Waals surface area (Å²) in [6.45, 7) is 6.31. The zero-order chi connectivity index (χ0) is 17.3. The van der Waals surface area contributed by atoms with Crippen molar-refractivity contribution in [3.63, 3.8) is 0 Å². The molecule has 0 heterocycles. The van der Waals surface area contributed by atoms with Crippen LogP contribution >= 0.6 is 0 Å². The molecule has 0 bridgehead atoms. The molecule has 2 N–H and O–H groups in total. The lowest BCUT2D eigenvalue weighted by Crippen LogP contribution is -2.44. The van der Waals surface area contributed by atoms with Crippen molar-refractivity contribution >= 4 is 13.3 Å². The van der Waals surface area contributed by atoms with Crippen molar-refractivity contribution in [1.29, 1.82) is 0 Å². The highest BCUT2D eigenvalue weighted by atomic mass is 19.4. The smallest absolute Gasteiger partial charge is 0.387 e. The Balaban J connectivity index is 0.000000261.